The van der Waals surface area contributed by atoms with Crippen LogP contribution in [0.3, 0.4) is 0 Å². The second-order valence-electron chi connectivity index (χ2n) is 5.17. The third-order valence-electron chi connectivity index (χ3n) is 3.43. The number of imidazole rings is 1. The maximum Gasteiger partial charge on any atom is 0.141 e. The number of nitrogens with two attached hydrogens (primary N) is 1. The van der Waals surface area contributed by atoms with Gasteiger partial charge in [0.2, 0.25) is 0 Å². The minimum Gasteiger partial charge on any atom is -0.326 e. The lowest BCUT2D eigenvalue weighted by molar-refractivity contribution is 0.624. The number of hydrogen-bond donors (Lipinski definition) is 1. The van der Waals surface area contributed by atoms with Crippen molar-refractivity contribution in [3.63, 3.8) is 0 Å². The molecule has 0 aliphatic rings. The van der Waals surface area contributed by atoms with Crippen LogP contribution in [0, 0.1) is 0 Å². The van der Waals surface area contributed by atoms with E-state index in [0.717, 1.165) is 28.0 Å². The van der Waals surface area contributed by atoms with Crippen molar-refractivity contribution in [2.45, 2.75) is 26.4 Å². The van der Waals surface area contributed by atoms with Crippen LogP contribution >= 0.6 is 0 Å². The first-order valence-corrected chi connectivity index (χ1v) is 6.82. The van der Waals surface area contributed by atoms with E-state index < -0.39 is 0 Å². The fourth-order valence-electron chi connectivity index (χ4n) is 2.51. The molecule has 0 fully saturated rings. The Balaban J connectivity index is 2.26. The molecular formula is C16H18N4. The van der Waals surface area contributed by atoms with Crippen LogP contribution in [0.4, 0.5) is 0 Å². The summed E-state index contributed by atoms with van der Waals surface area (Å²) < 4.78 is 2.24. The topological polar surface area (TPSA) is 56.7 Å². The molecule has 4 heteroatoms. The van der Waals surface area contributed by atoms with Gasteiger partial charge in [-0.15, -0.1) is 0 Å². The monoisotopic (exact) mass is 266 g/mol. The molecule has 20 heavy (non-hydrogen) atoms. The molecule has 0 saturated carbocycles. The van der Waals surface area contributed by atoms with Crippen molar-refractivity contribution >= 4 is 11.0 Å². The third-order valence-corrected chi connectivity index (χ3v) is 3.43. The highest BCUT2D eigenvalue weighted by Crippen LogP contribution is 2.28. The van der Waals surface area contributed by atoms with Gasteiger partial charge in [0.15, 0.2) is 0 Å². The summed E-state index contributed by atoms with van der Waals surface area (Å²) in [5.74, 6) is 0.971. The molecule has 102 valence electrons. The van der Waals surface area contributed by atoms with Crippen molar-refractivity contribution in [3.05, 3.63) is 48.3 Å². The highest BCUT2D eigenvalue weighted by Gasteiger charge is 2.14. The van der Waals surface area contributed by atoms with Gasteiger partial charge in [-0.1, -0.05) is 18.2 Å². The molecule has 0 amide bonds. The molecule has 0 atom stereocenters. The van der Waals surface area contributed by atoms with Gasteiger partial charge in [-0.2, -0.15) is 0 Å². The van der Waals surface area contributed by atoms with Crippen LogP contribution in [0.15, 0.2) is 42.7 Å². The summed E-state index contributed by atoms with van der Waals surface area (Å²) in [6.45, 7) is 4.87. The first-order chi connectivity index (χ1) is 9.70. The number of rotatable bonds is 3. The van der Waals surface area contributed by atoms with Crippen molar-refractivity contribution in [2.24, 2.45) is 5.73 Å². The number of benzene rings is 1. The smallest absolute Gasteiger partial charge is 0.141 e. The summed E-state index contributed by atoms with van der Waals surface area (Å²) in [5, 5.41) is 0. The predicted molar refractivity (Wildman–Crippen MR) is 81.2 cm³/mol. The van der Waals surface area contributed by atoms with Crippen LogP contribution in [-0.2, 0) is 6.54 Å². The zero-order chi connectivity index (χ0) is 14.1. The summed E-state index contributed by atoms with van der Waals surface area (Å²) in [7, 11) is 0. The first kappa shape index (κ1) is 12.8. The van der Waals surface area contributed by atoms with Crippen molar-refractivity contribution < 1.29 is 0 Å². The Labute approximate surface area is 118 Å². The SMILES string of the molecule is CC(C)n1c(-c2cccc(CN)c2)nc2cnccc21. The highest BCUT2D eigenvalue weighted by molar-refractivity contribution is 5.80. The average molecular weight is 266 g/mol. The van der Waals surface area contributed by atoms with E-state index >= 15 is 0 Å². The number of fused-ring (bicyclic) bond motifs is 1. The Bertz CT molecular complexity index is 743. The minimum absolute atomic E-state index is 0.332. The Morgan fingerprint density at radius 2 is 2.10 bits per heavy atom. The van der Waals surface area contributed by atoms with Gasteiger partial charge < -0.3 is 10.3 Å². The van der Waals surface area contributed by atoms with Crippen LogP contribution < -0.4 is 5.73 Å². The van der Waals surface area contributed by atoms with Gasteiger partial charge in [-0.3, -0.25) is 4.98 Å². The normalized spacial score (nSPS) is 11.4. The Morgan fingerprint density at radius 3 is 2.85 bits per heavy atom. The van der Waals surface area contributed by atoms with Gasteiger partial charge in [0.1, 0.15) is 11.3 Å². The number of pyridine rings is 1. The van der Waals surface area contributed by atoms with Crippen molar-refractivity contribution in [1.29, 1.82) is 0 Å². The van der Waals surface area contributed by atoms with Crippen LogP contribution in [-0.4, -0.2) is 14.5 Å². The van der Waals surface area contributed by atoms with Gasteiger partial charge in [0, 0.05) is 24.3 Å². The molecule has 3 rings (SSSR count). The molecule has 0 spiro atoms. The van der Waals surface area contributed by atoms with E-state index in [-0.39, 0.29) is 0 Å². The summed E-state index contributed by atoms with van der Waals surface area (Å²) in [4.78, 5) is 8.90. The molecule has 0 saturated heterocycles. The van der Waals surface area contributed by atoms with Crippen molar-refractivity contribution in [1.82, 2.24) is 14.5 Å². The van der Waals surface area contributed by atoms with E-state index in [2.05, 4.69) is 35.5 Å². The van der Waals surface area contributed by atoms with Crippen LogP contribution in [0.1, 0.15) is 25.5 Å². The lowest BCUT2D eigenvalue weighted by atomic mass is 10.1. The average Bonchev–Trinajstić information content (AvgIpc) is 2.87. The molecule has 0 unspecified atom stereocenters. The van der Waals surface area contributed by atoms with Crippen LogP contribution in [0.2, 0.25) is 0 Å². The molecule has 2 N–H and O–H groups in total. The largest absolute Gasteiger partial charge is 0.326 e. The first-order valence-electron chi connectivity index (χ1n) is 6.82. The summed E-state index contributed by atoms with van der Waals surface area (Å²) in [6.07, 6.45) is 3.62. The summed E-state index contributed by atoms with van der Waals surface area (Å²) >= 11 is 0. The van der Waals surface area contributed by atoms with Gasteiger partial charge >= 0.3 is 0 Å². The zero-order valence-corrected chi connectivity index (χ0v) is 11.7. The van der Waals surface area contributed by atoms with Gasteiger partial charge in [-0.25, -0.2) is 4.98 Å². The molecule has 0 bridgehead atoms. The molecular weight excluding hydrogens is 248 g/mol. The van der Waals surface area contributed by atoms with E-state index in [0.29, 0.717) is 12.6 Å². The molecule has 0 aliphatic carbocycles. The maximum absolute atomic E-state index is 5.73. The Hall–Kier alpha value is -2.20. The second-order valence-corrected chi connectivity index (χ2v) is 5.17. The number of aromatic nitrogens is 3. The molecule has 1 aromatic carbocycles. The quantitative estimate of drug-likeness (QED) is 0.792. The predicted octanol–water partition coefficient (Wildman–Crippen LogP) is 3.14. The standard InChI is InChI=1S/C16H18N4/c1-11(2)20-15-6-7-18-10-14(15)19-16(20)13-5-3-4-12(8-13)9-17/h3-8,10-11H,9,17H2,1-2H3. The van der Waals surface area contributed by atoms with Gasteiger partial charge in [0.25, 0.3) is 0 Å². The van der Waals surface area contributed by atoms with E-state index in [4.69, 9.17) is 10.7 Å². The fourth-order valence-corrected chi connectivity index (χ4v) is 2.51. The van der Waals surface area contributed by atoms with E-state index in [1.165, 1.54) is 0 Å². The van der Waals surface area contributed by atoms with E-state index in [1.54, 1.807) is 0 Å². The zero-order valence-electron chi connectivity index (χ0n) is 11.7. The highest BCUT2D eigenvalue weighted by atomic mass is 15.1. The maximum atomic E-state index is 5.73. The summed E-state index contributed by atoms with van der Waals surface area (Å²) in [6, 6.07) is 10.6. The lowest BCUT2D eigenvalue weighted by Crippen LogP contribution is -2.03. The second kappa shape index (κ2) is 5.06. The van der Waals surface area contributed by atoms with Crippen molar-refractivity contribution in [3.8, 4) is 11.4 Å². The fraction of sp³-hybridized carbons (Fsp3) is 0.250. The third kappa shape index (κ3) is 2.08. The van der Waals surface area contributed by atoms with Gasteiger partial charge in [-0.05, 0) is 31.5 Å². The molecule has 0 radical (unpaired) electrons. The number of hydrogen-bond acceptors (Lipinski definition) is 3. The lowest BCUT2D eigenvalue weighted by Gasteiger charge is -2.13. The molecule has 3 aromatic rings. The minimum atomic E-state index is 0.332. The Kier molecular flexibility index (Phi) is 3.24. The van der Waals surface area contributed by atoms with Gasteiger partial charge in [0.05, 0.1) is 11.7 Å². The van der Waals surface area contributed by atoms with Crippen LogP contribution in [0.25, 0.3) is 22.4 Å². The molecule has 2 heterocycles. The molecule has 0 aliphatic heterocycles. The summed E-state index contributed by atoms with van der Waals surface area (Å²) in [5.41, 5.74) is 9.98. The van der Waals surface area contributed by atoms with E-state index in [9.17, 15) is 0 Å². The number of nitrogens with zero attached hydrogens (tertiary/aromatic N) is 3. The van der Waals surface area contributed by atoms with Crippen LogP contribution in [0.5, 0.6) is 0 Å². The van der Waals surface area contributed by atoms with E-state index in [1.807, 2.05) is 30.6 Å². The molecule has 4 nitrogen and oxygen atoms in total. The molecule has 2 aromatic heterocycles. The Morgan fingerprint density at radius 1 is 1.25 bits per heavy atom. The van der Waals surface area contributed by atoms with Crippen molar-refractivity contribution in [2.75, 3.05) is 0 Å².